The van der Waals surface area contributed by atoms with E-state index in [1.54, 1.807) is 6.92 Å². The van der Waals surface area contributed by atoms with Gasteiger partial charge in [0.2, 0.25) is 5.91 Å². The van der Waals surface area contributed by atoms with E-state index in [0.29, 0.717) is 19.3 Å². The normalized spacial score (nSPS) is 33.8. The quantitative estimate of drug-likeness (QED) is 0.704. The molecule has 0 radical (unpaired) electrons. The van der Waals surface area contributed by atoms with Crippen LogP contribution in [0.5, 0.6) is 0 Å². The lowest BCUT2D eigenvalue weighted by molar-refractivity contribution is -0.125. The molecule has 0 aromatic rings. The molecule has 2 atom stereocenters. The van der Waals surface area contributed by atoms with Gasteiger partial charge >= 0.3 is 0 Å². The molecule has 0 aliphatic heterocycles. The molecular formula is C10H18FNO. The van der Waals surface area contributed by atoms with Crippen molar-refractivity contribution >= 4 is 5.91 Å². The van der Waals surface area contributed by atoms with Gasteiger partial charge < -0.3 is 5.32 Å². The summed E-state index contributed by atoms with van der Waals surface area (Å²) in [5, 5.41) is 2.82. The van der Waals surface area contributed by atoms with Crippen molar-refractivity contribution < 1.29 is 9.18 Å². The average Bonchev–Trinajstić information content (AvgIpc) is 2.28. The Labute approximate surface area is 78.9 Å². The number of hydrogen-bond donors (Lipinski definition) is 1. The molecule has 0 aromatic heterocycles. The molecule has 0 spiro atoms. The molecule has 1 aliphatic rings. The van der Waals surface area contributed by atoms with Gasteiger partial charge in [-0.25, -0.2) is 4.39 Å². The molecule has 1 saturated carbocycles. The Kier molecular flexibility index (Phi) is 2.94. The van der Waals surface area contributed by atoms with Crippen LogP contribution in [0.15, 0.2) is 0 Å². The fourth-order valence-corrected chi connectivity index (χ4v) is 1.82. The molecule has 3 heteroatoms. The Morgan fingerprint density at radius 3 is 2.62 bits per heavy atom. The number of amides is 1. The predicted molar refractivity (Wildman–Crippen MR) is 50.1 cm³/mol. The third-order valence-electron chi connectivity index (χ3n) is 2.49. The Bertz CT molecular complexity index is 201. The Balaban J connectivity index is 2.42. The number of halogens is 1. The van der Waals surface area contributed by atoms with Gasteiger partial charge in [-0.05, 0) is 40.0 Å². The molecule has 2 unspecified atom stereocenters. The zero-order valence-electron chi connectivity index (χ0n) is 8.56. The van der Waals surface area contributed by atoms with Gasteiger partial charge in [0.05, 0.1) is 0 Å². The summed E-state index contributed by atoms with van der Waals surface area (Å²) in [6.45, 7) is 5.42. The molecule has 1 N–H and O–H groups in total. The van der Waals surface area contributed by atoms with Crippen LogP contribution in [-0.4, -0.2) is 17.6 Å². The van der Waals surface area contributed by atoms with Crippen molar-refractivity contribution in [1.29, 1.82) is 0 Å². The van der Waals surface area contributed by atoms with Crippen LogP contribution in [0.4, 0.5) is 4.39 Å². The van der Waals surface area contributed by atoms with Crippen molar-refractivity contribution in [3.8, 4) is 0 Å². The molecule has 1 amide bonds. The van der Waals surface area contributed by atoms with Gasteiger partial charge in [-0.15, -0.1) is 0 Å². The number of hydrogen-bond acceptors (Lipinski definition) is 1. The molecule has 0 saturated heterocycles. The van der Waals surface area contributed by atoms with Crippen LogP contribution in [0.2, 0.25) is 0 Å². The SMILES string of the molecule is CC(C)NC(=O)C1CCC(C)(F)C1. The van der Waals surface area contributed by atoms with E-state index >= 15 is 0 Å². The zero-order valence-corrected chi connectivity index (χ0v) is 8.56. The highest BCUT2D eigenvalue weighted by Crippen LogP contribution is 2.37. The van der Waals surface area contributed by atoms with Crippen molar-refractivity contribution in [3.05, 3.63) is 0 Å². The summed E-state index contributed by atoms with van der Waals surface area (Å²) >= 11 is 0. The molecular weight excluding hydrogens is 169 g/mol. The topological polar surface area (TPSA) is 29.1 Å². The van der Waals surface area contributed by atoms with Crippen LogP contribution in [0.3, 0.4) is 0 Å². The van der Waals surface area contributed by atoms with Gasteiger partial charge in [-0.2, -0.15) is 0 Å². The second-order valence-electron chi connectivity index (χ2n) is 4.52. The first-order valence-electron chi connectivity index (χ1n) is 4.90. The minimum absolute atomic E-state index is 0.0105. The lowest BCUT2D eigenvalue weighted by atomic mass is 10.0. The maximum Gasteiger partial charge on any atom is 0.223 e. The maximum absolute atomic E-state index is 13.4. The van der Waals surface area contributed by atoms with Crippen molar-refractivity contribution in [2.45, 2.75) is 51.7 Å². The summed E-state index contributed by atoms with van der Waals surface area (Å²) in [6, 6.07) is 0.152. The summed E-state index contributed by atoms with van der Waals surface area (Å²) in [5.74, 6) is -0.103. The van der Waals surface area contributed by atoms with E-state index in [2.05, 4.69) is 5.32 Å². The van der Waals surface area contributed by atoms with Crippen LogP contribution in [0.25, 0.3) is 0 Å². The van der Waals surface area contributed by atoms with Crippen LogP contribution in [0, 0.1) is 5.92 Å². The summed E-state index contributed by atoms with van der Waals surface area (Å²) < 4.78 is 13.4. The van der Waals surface area contributed by atoms with Crippen molar-refractivity contribution in [2.75, 3.05) is 0 Å². The molecule has 13 heavy (non-hydrogen) atoms. The smallest absolute Gasteiger partial charge is 0.223 e. The lowest BCUT2D eigenvalue weighted by Crippen LogP contribution is -2.35. The summed E-state index contributed by atoms with van der Waals surface area (Å²) in [5.41, 5.74) is -1.13. The summed E-state index contributed by atoms with van der Waals surface area (Å²) in [4.78, 5) is 11.5. The molecule has 1 aliphatic carbocycles. The average molecular weight is 187 g/mol. The largest absolute Gasteiger partial charge is 0.354 e. The molecule has 1 fully saturated rings. The standard InChI is InChI=1S/C10H18FNO/c1-7(2)12-9(13)8-4-5-10(3,11)6-8/h7-8H,4-6H2,1-3H3,(H,12,13). The number of rotatable bonds is 2. The van der Waals surface area contributed by atoms with Gasteiger partial charge in [-0.3, -0.25) is 4.79 Å². The highest BCUT2D eigenvalue weighted by molar-refractivity contribution is 5.79. The monoisotopic (exact) mass is 187 g/mol. The Hall–Kier alpha value is -0.600. The van der Waals surface area contributed by atoms with E-state index in [1.165, 1.54) is 0 Å². The molecule has 2 nitrogen and oxygen atoms in total. The molecule has 0 aromatic carbocycles. The second kappa shape index (κ2) is 3.64. The second-order valence-corrected chi connectivity index (χ2v) is 4.52. The fraction of sp³-hybridized carbons (Fsp3) is 0.900. The molecule has 0 heterocycles. The van der Waals surface area contributed by atoms with Crippen LogP contribution < -0.4 is 5.32 Å². The molecule has 76 valence electrons. The maximum atomic E-state index is 13.4. The van der Waals surface area contributed by atoms with E-state index in [0.717, 1.165) is 0 Å². The number of carbonyl (C=O) groups excluding carboxylic acids is 1. The van der Waals surface area contributed by atoms with E-state index in [1.807, 2.05) is 13.8 Å². The Morgan fingerprint density at radius 1 is 1.62 bits per heavy atom. The minimum atomic E-state index is -1.13. The van der Waals surface area contributed by atoms with E-state index in [4.69, 9.17) is 0 Å². The van der Waals surface area contributed by atoms with Gasteiger partial charge in [0, 0.05) is 12.0 Å². The van der Waals surface area contributed by atoms with Gasteiger partial charge in [0.25, 0.3) is 0 Å². The fourth-order valence-electron chi connectivity index (χ4n) is 1.82. The zero-order chi connectivity index (χ0) is 10.1. The first-order valence-corrected chi connectivity index (χ1v) is 4.90. The number of carbonyl (C=O) groups is 1. The molecule has 1 rings (SSSR count). The summed E-state index contributed by atoms with van der Waals surface area (Å²) in [7, 11) is 0. The predicted octanol–water partition coefficient (Wildman–Crippen LogP) is 2.04. The highest BCUT2D eigenvalue weighted by Gasteiger charge is 2.38. The van der Waals surface area contributed by atoms with Crippen molar-refractivity contribution in [1.82, 2.24) is 5.32 Å². The van der Waals surface area contributed by atoms with E-state index in [9.17, 15) is 9.18 Å². The van der Waals surface area contributed by atoms with E-state index < -0.39 is 5.67 Å². The van der Waals surface area contributed by atoms with Crippen LogP contribution >= 0.6 is 0 Å². The Morgan fingerprint density at radius 2 is 2.23 bits per heavy atom. The van der Waals surface area contributed by atoms with E-state index in [-0.39, 0.29) is 17.9 Å². The van der Waals surface area contributed by atoms with Crippen molar-refractivity contribution in [3.63, 3.8) is 0 Å². The van der Waals surface area contributed by atoms with Crippen LogP contribution in [-0.2, 0) is 4.79 Å². The number of nitrogens with one attached hydrogen (secondary N) is 1. The van der Waals surface area contributed by atoms with Gasteiger partial charge in [0.15, 0.2) is 0 Å². The van der Waals surface area contributed by atoms with Crippen LogP contribution in [0.1, 0.15) is 40.0 Å². The summed E-state index contributed by atoms with van der Waals surface area (Å²) in [6.07, 6.45) is 1.58. The molecule has 0 bridgehead atoms. The third kappa shape index (κ3) is 2.98. The van der Waals surface area contributed by atoms with Gasteiger partial charge in [0.1, 0.15) is 5.67 Å². The highest BCUT2D eigenvalue weighted by atomic mass is 19.1. The third-order valence-corrected chi connectivity index (χ3v) is 2.49. The minimum Gasteiger partial charge on any atom is -0.354 e. The lowest BCUT2D eigenvalue weighted by Gasteiger charge is -2.15. The number of alkyl halides is 1. The first-order chi connectivity index (χ1) is 5.91. The van der Waals surface area contributed by atoms with Gasteiger partial charge in [-0.1, -0.05) is 0 Å². The first kappa shape index (κ1) is 10.5. The van der Waals surface area contributed by atoms with Crippen molar-refractivity contribution in [2.24, 2.45) is 5.92 Å².